The highest BCUT2D eigenvalue weighted by molar-refractivity contribution is 7.90. The molecule has 0 amide bonds. The molecule has 0 saturated heterocycles. The molecule has 2 aromatic rings. The summed E-state index contributed by atoms with van der Waals surface area (Å²) in [6.45, 7) is 2.11. The lowest BCUT2D eigenvalue weighted by Gasteiger charge is -2.14. The molecule has 1 aromatic carbocycles. The third-order valence-corrected chi connectivity index (χ3v) is 4.68. The van der Waals surface area contributed by atoms with Gasteiger partial charge in [-0.3, -0.25) is 0 Å². The maximum absolute atomic E-state index is 11.4. The van der Waals surface area contributed by atoms with Crippen LogP contribution >= 0.6 is 11.3 Å². The molecule has 0 aliphatic carbocycles. The van der Waals surface area contributed by atoms with Crippen molar-refractivity contribution in [3.05, 3.63) is 46.7 Å². The van der Waals surface area contributed by atoms with Crippen molar-refractivity contribution in [3.63, 3.8) is 0 Å². The van der Waals surface area contributed by atoms with E-state index in [1.54, 1.807) is 35.6 Å². The highest BCUT2D eigenvalue weighted by Crippen LogP contribution is 2.16. The molecule has 1 aromatic heterocycles. The second kappa shape index (κ2) is 5.75. The summed E-state index contributed by atoms with van der Waals surface area (Å²) in [6, 6.07) is 9.30. The summed E-state index contributed by atoms with van der Waals surface area (Å²) < 4.78 is 22.7. The van der Waals surface area contributed by atoms with Gasteiger partial charge in [0.1, 0.15) is 0 Å². The quantitative estimate of drug-likeness (QED) is 0.921. The molecule has 0 radical (unpaired) electrons. The van der Waals surface area contributed by atoms with Crippen LogP contribution in [-0.2, 0) is 16.3 Å². The van der Waals surface area contributed by atoms with Crippen LogP contribution in [-0.4, -0.2) is 20.7 Å². The lowest BCUT2D eigenvalue weighted by atomic mass is 10.1. The number of sulfone groups is 1. The van der Waals surface area contributed by atoms with Crippen molar-refractivity contribution >= 4 is 26.9 Å². The Balaban J connectivity index is 1.99. The summed E-state index contributed by atoms with van der Waals surface area (Å²) in [5.41, 5.74) is 2.26. The molecule has 1 unspecified atom stereocenters. The summed E-state index contributed by atoms with van der Waals surface area (Å²) in [7, 11) is -3.12. The van der Waals surface area contributed by atoms with E-state index >= 15 is 0 Å². The predicted octanol–water partition coefficient (Wildman–Crippen LogP) is 3.19. The van der Waals surface area contributed by atoms with Gasteiger partial charge < -0.3 is 5.32 Å². The van der Waals surface area contributed by atoms with Crippen LogP contribution in [0.15, 0.2) is 46.0 Å². The average molecular weight is 295 g/mol. The van der Waals surface area contributed by atoms with Crippen LogP contribution in [0.1, 0.15) is 12.5 Å². The van der Waals surface area contributed by atoms with Crippen LogP contribution in [0.2, 0.25) is 0 Å². The van der Waals surface area contributed by atoms with Gasteiger partial charge in [-0.1, -0.05) is 0 Å². The van der Waals surface area contributed by atoms with E-state index in [0.717, 1.165) is 12.1 Å². The summed E-state index contributed by atoms with van der Waals surface area (Å²) in [6.07, 6.45) is 2.17. The number of nitrogens with one attached hydrogen (secondary N) is 1. The number of hydrogen-bond donors (Lipinski definition) is 1. The molecular weight excluding hydrogens is 278 g/mol. The van der Waals surface area contributed by atoms with Crippen molar-refractivity contribution in [2.75, 3.05) is 11.6 Å². The minimum atomic E-state index is -3.12. The summed E-state index contributed by atoms with van der Waals surface area (Å²) in [5, 5.41) is 7.58. The zero-order valence-corrected chi connectivity index (χ0v) is 12.6. The van der Waals surface area contributed by atoms with Gasteiger partial charge in [0.25, 0.3) is 0 Å². The molecule has 5 heteroatoms. The molecule has 1 atom stereocenters. The fourth-order valence-corrected chi connectivity index (χ4v) is 3.21. The summed E-state index contributed by atoms with van der Waals surface area (Å²) in [5.74, 6) is 0. The van der Waals surface area contributed by atoms with Gasteiger partial charge in [-0.15, -0.1) is 0 Å². The van der Waals surface area contributed by atoms with Crippen LogP contribution in [0, 0.1) is 0 Å². The third kappa shape index (κ3) is 4.08. The molecule has 0 spiro atoms. The minimum Gasteiger partial charge on any atom is -0.382 e. The van der Waals surface area contributed by atoms with Crippen molar-refractivity contribution in [2.45, 2.75) is 24.3 Å². The Morgan fingerprint density at radius 1 is 1.21 bits per heavy atom. The van der Waals surface area contributed by atoms with E-state index in [2.05, 4.69) is 29.1 Å². The van der Waals surface area contributed by atoms with Crippen molar-refractivity contribution in [3.8, 4) is 0 Å². The van der Waals surface area contributed by atoms with Gasteiger partial charge in [0, 0.05) is 18.0 Å². The van der Waals surface area contributed by atoms with Crippen molar-refractivity contribution in [1.29, 1.82) is 0 Å². The van der Waals surface area contributed by atoms with Crippen LogP contribution in [0.4, 0.5) is 5.69 Å². The van der Waals surface area contributed by atoms with Gasteiger partial charge in [0.05, 0.1) is 4.90 Å². The average Bonchev–Trinajstić information content (AvgIpc) is 2.81. The van der Waals surface area contributed by atoms with Gasteiger partial charge in [0.2, 0.25) is 0 Å². The number of rotatable bonds is 5. The minimum absolute atomic E-state index is 0.304. The number of benzene rings is 1. The Kier molecular flexibility index (Phi) is 4.27. The monoisotopic (exact) mass is 295 g/mol. The van der Waals surface area contributed by atoms with Crippen molar-refractivity contribution < 1.29 is 8.42 Å². The number of thiophene rings is 1. The first-order valence-corrected chi connectivity index (χ1v) is 8.86. The Labute approximate surface area is 118 Å². The van der Waals surface area contributed by atoms with E-state index in [0.29, 0.717) is 10.9 Å². The molecule has 0 aliphatic heterocycles. The van der Waals surface area contributed by atoms with E-state index in [4.69, 9.17) is 0 Å². The molecule has 3 nitrogen and oxygen atoms in total. The molecule has 1 heterocycles. The molecule has 0 bridgehead atoms. The van der Waals surface area contributed by atoms with Gasteiger partial charge in [-0.2, -0.15) is 11.3 Å². The van der Waals surface area contributed by atoms with Crippen LogP contribution < -0.4 is 5.32 Å². The second-order valence-corrected chi connectivity index (χ2v) is 7.47. The maximum atomic E-state index is 11.4. The van der Waals surface area contributed by atoms with Gasteiger partial charge in [0.15, 0.2) is 9.84 Å². The molecule has 1 N–H and O–H groups in total. The van der Waals surface area contributed by atoms with Gasteiger partial charge in [-0.05, 0) is 60.0 Å². The van der Waals surface area contributed by atoms with E-state index in [-0.39, 0.29) is 0 Å². The zero-order chi connectivity index (χ0) is 13.9. The zero-order valence-electron chi connectivity index (χ0n) is 11.0. The first-order valence-electron chi connectivity index (χ1n) is 6.03. The molecule has 19 heavy (non-hydrogen) atoms. The Bertz CT molecular complexity index is 616. The smallest absolute Gasteiger partial charge is 0.175 e. The molecule has 0 aliphatic rings. The number of anilines is 1. The van der Waals surface area contributed by atoms with Crippen LogP contribution in [0.25, 0.3) is 0 Å². The second-order valence-electron chi connectivity index (χ2n) is 4.68. The highest BCUT2D eigenvalue weighted by Gasteiger charge is 2.07. The van der Waals surface area contributed by atoms with E-state index in [1.807, 2.05) is 0 Å². The van der Waals surface area contributed by atoms with Crippen molar-refractivity contribution in [2.24, 2.45) is 0 Å². The fraction of sp³-hybridized carbons (Fsp3) is 0.286. The van der Waals surface area contributed by atoms with Crippen molar-refractivity contribution in [1.82, 2.24) is 0 Å². The largest absolute Gasteiger partial charge is 0.382 e. The standard InChI is InChI=1S/C14H17NO2S2/c1-11(9-12-7-8-18-10-12)15-13-3-5-14(6-4-13)19(2,16)17/h3-8,10-11,15H,9H2,1-2H3. The molecule has 102 valence electrons. The van der Waals surface area contributed by atoms with Gasteiger partial charge in [-0.25, -0.2) is 8.42 Å². The highest BCUT2D eigenvalue weighted by atomic mass is 32.2. The lowest BCUT2D eigenvalue weighted by Crippen LogP contribution is -2.17. The summed E-state index contributed by atoms with van der Waals surface area (Å²) in [4.78, 5) is 0.350. The predicted molar refractivity (Wildman–Crippen MR) is 80.7 cm³/mol. The topological polar surface area (TPSA) is 46.2 Å². The Morgan fingerprint density at radius 3 is 2.42 bits per heavy atom. The van der Waals surface area contributed by atoms with Gasteiger partial charge >= 0.3 is 0 Å². The molecule has 2 rings (SSSR count). The Morgan fingerprint density at radius 2 is 1.89 bits per heavy atom. The lowest BCUT2D eigenvalue weighted by molar-refractivity contribution is 0.602. The molecule has 0 fully saturated rings. The first kappa shape index (κ1) is 14.1. The summed E-state index contributed by atoms with van der Waals surface area (Å²) >= 11 is 1.70. The van der Waals surface area contributed by atoms with Crippen LogP contribution in [0.5, 0.6) is 0 Å². The SMILES string of the molecule is CC(Cc1ccsc1)Nc1ccc(S(C)(=O)=O)cc1. The van der Waals surface area contributed by atoms with E-state index < -0.39 is 9.84 Å². The number of hydrogen-bond acceptors (Lipinski definition) is 4. The van der Waals surface area contributed by atoms with Crippen LogP contribution in [0.3, 0.4) is 0 Å². The first-order chi connectivity index (χ1) is 8.95. The fourth-order valence-electron chi connectivity index (χ4n) is 1.90. The molecule has 0 saturated carbocycles. The normalized spacial score (nSPS) is 13.2. The van der Waals surface area contributed by atoms with E-state index in [9.17, 15) is 8.42 Å². The molecular formula is C14H17NO2S2. The third-order valence-electron chi connectivity index (χ3n) is 2.82. The van der Waals surface area contributed by atoms with E-state index in [1.165, 1.54) is 11.8 Å². The Hall–Kier alpha value is -1.33. The maximum Gasteiger partial charge on any atom is 0.175 e.